The molecule has 1 saturated heterocycles. The lowest BCUT2D eigenvalue weighted by atomic mass is 9.88. The second-order valence-corrected chi connectivity index (χ2v) is 6.24. The molecule has 0 radical (unpaired) electrons. The second kappa shape index (κ2) is 7.44. The number of carbonyl (C=O) groups excluding carboxylic acids is 1. The fourth-order valence-corrected chi connectivity index (χ4v) is 3.02. The van der Waals surface area contributed by atoms with Crippen molar-refractivity contribution in [1.29, 1.82) is 0 Å². The minimum Gasteiger partial charge on any atom is -0.486 e. The summed E-state index contributed by atoms with van der Waals surface area (Å²) in [6.45, 7) is 4.94. The molecule has 2 aliphatic heterocycles. The summed E-state index contributed by atoms with van der Waals surface area (Å²) < 4.78 is 11.2. The Kier molecular flexibility index (Phi) is 5.83. The Bertz CT molecular complexity index is 552. The van der Waals surface area contributed by atoms with Crippen LogP contribution in [0, 0.1) is 11.8 Å². The van der Waals surface area contributed by atoms with Gasteiger partial charge in [-0.2, -0.15) is 0 Å². The van der Waals surface area contributed by atoms with Crippen molar-refractivity contribution in [1.82, 2.24) is 5.32 Å². The average Bonchev–Trinajstić information content (AvgIpc) is 2.44. The van der Waals surface area contributed by atoms with Gasteiger partial charge in [-0.05, 0) is 31.3 Å². The van der Waals surface area contributed by atoms with E-state index in [0.717, 1.165) is 29.4 Å². The third-order valence-electron chi connectivity index (χ3n) is 4.06. The number of carbonyl (C=O) groups is 1. The number of anilines is 1. The van der Waals surface area contributed by atoms with Gasteiger partial charge in [0.1, 0.15) is 13.2 Å². The maximum absolute atomic E-state index is 12.4. The van der Waals surface area contributed by atoms with E-state index in [4.69, 9.17) is 9.47 Å². The highest BCUT2D eigenvalue weighted by molar-refractivity contribution is 7.98. The van der Waals surface area contributed by atoms with Gasteiger partial charge in [-0.25, -0.2) is 0 Å². The molecule has 0 aliphatic carbocycles. The predicted octanol–water partition coefficient (Wildman–Crippen LogP) is 2.40. The van der Waals surface area contributed by atoms with E-state index in [-0.39, 0.29) is 24.2 Å². The fourth-order valence-electron chi connectivity index (χ4n) is 2.46. The molecule has 1 fully saturated rings. The van der Waals surface area contributed by atoms with Crippen molar-refractivity contribution in [2.24, 2.45) is 11.8 Å². The molecule has 7 heteroatoms. The molecular formula is C15H21ClN2O3S. The molecule has 1 atom stereocenters. The van der Waals surface area contributed by atoms with E-state index in [1.54, 1.807) is 11.8 Å². The van der Waals surface area contributed by atoms with Gasteiger partial charge in [0.15, 0.2) is 11.5 Å². The standard InChI is InChI=1S/C15H20N2O3S.ClH/c1-9(10-7-16-8-10)15(18)17-11-5-12-13(6-14(11)21-2)20-4-3-19-12;/h5-6,9-10,16H,3-4,7-8H2,1-2H3,(H,17,18);1H. The molecule has 1 unspecified atom stereocenters. The van der Waals surface area contributed by atoms with Crippen molar-refractivity contribution >= 4 is 35.8 Å². The zero-order chi connectivity index (χ0) is 14.8. The number of ether oxygens (including phenoxy) is 2. The van der Waals surface area contributed by atoms with E-state index in [9.17, 15) is 4.79 Å². The lowest BCUT2D eigenvalue weighted by Crippen LogP contribution is -2.48. The Balaban J connectivity index is 0.00000176. The number of halogens is 1. The van der Waals surface area contributed by atoms with Crippen LogP contribution in [0.3, 0.4) is 0 Å². The van der Waals surface area contributed by atoms with Gasteiger partial charge in [0.25, 0.3) is 0 Å². The Hall–Kier alpha value is -1.11. The van der Waals surface area contributed by atoms with Gasteiger partial charge in [-0.3, -0.25) is 4.79 Å². The van der Waals surface area contributed by atoms with Crippen LogP contribution in [-0.4, -0.2) is 38.5 Å². The Morgan fingerprint density at radius 2 is 1.95 bits per heavy atom. The summed E-state index contributed by atoms with van der Waals surface area (Å²) in [5.74, 6) is 1.95. The van der Waals surface area contributed by atoms with Crippen LogP contribution in [-0.2, 0) is 4.79 Å². The fraction of sp³-hybridized carbons (Fsp3) is 0.533. The van der Waals surface area contributed by atoms with Crippen molar-refractivity contribution in [3.05, 3.63) is 12.1 Å². The zero-order valence-corrected chi connectivity index (χ0v) is 14.3. The molecular weight excluding hydrogens is 324 g/mol. The first-order valence-electron chi connectivity index (χ1n) is 7.18. The van der Waals surface area contributed by atoms with Crippen LogP contribution in [0.1, 0.15) is 6.92 Å². The highest BCUT2D eigenvalue weighted by Gasteiger charge is 2.29. The Morgan fingerprint density at radius 1 is 1.32 bits per heavy atom. The smallest absolute Gasteiger partial charge is 0.227 e. The van der Waals surface area contributed by atoms with Crippen molar-refractivity contribution in [3.63, 3.8) is 0 Å². The van der Waals surface area contributed by atoms with E-state index >= 15 is 0 Å². The second-order valence-electron chi connectivity index (χ2n) is 5.39. The molecule has 22 heavy (non-hydrogen) atoms. The van der Waals surface area contributed by atoms with Crippen LogP contribution < -0.4 is 20.1 Å². The lowest BCUT2D eigenvalue weighted by Gasteiger charge is -2.32. The van der Waals surface area contributed by atoms with Gasteiger partial charge in [0.2, 0.25) is 5.91 Å². The minimum atomic E-state index is 0. The first kappa shape index (κ1) is 17.2. The summed E-state index contributed by atoms with van der Waals surface area (Å²) in [7, 11) is 0. The van der Waals surface area contributed by atoms with E-state index in [1.165, 1.54) is 0 Å². The summed E-state index contributed by atoms with van der Waals surface area (Å²) >= 11 is 1.59. The summed E-state index contributed by atoms with van der Waals surface area (Å²) in [4.78, 5) is 13.4. The number of amides is 1. The molecule has 0 saturated carbocycles. The molecule has 0 bridgehead atoms. The zero-order valence-electron chi connectivity index (χ0n) is 12.7. The third kappa shape index (κ3) is 3.45. The van der Waals surface area contributed by atoms with Crippen LogP contribution in [0.15, 0.2) is 17.0 Å². The predicted molar refractivity (Wildman–Crippen MR) is 90.6 cm³/mol. The van der Waals surface area contributed by atoms with Gasteiger partial charge < -0.3 is 20.1 Å². The summed E-state index contributed by atoms with van der Waals surface area (Å²) in [6.07, 6.45) is 1.99. The molecule has 1 aromatic carbocycles. The first-order valence-corrected chi connectivity index (χ1v) is 8.40. The molecule has 5 nitrogen and oxygen atoms in total. The number of benzene rings is 1. The SMILES string of the molecule is CSc1cc2c(cc1NC(=O)C(C)C1CNC1)OCCO2.Cl. The molecule has 1 aromatic rings. The van der Waals surface area contributed by atoms with Crippen LogP contribution in [0.2, 0.25) is 0 Å². The highest BCUT2D eigenvalue weighted by Crippen LogP contribution is 2.39. The topological polar surface area (TPSA) is 59.6 Å². The van der Waals surface area contributed by atoms with E-state index < -0.39 is 0 Å². The van der Waals surface area contributed by atoms with E-state index in [0.29, 0.717) is 24.9 Å². The third-order valence-corrected chi connectivity index (χ3v) is 4.83. The summed E-state index contributed by atoms with van der Waals surface area (Å²) in [5.41, 5.74) is 0.802. The van der Waals surface area contributed by atoms with Crippen molar-refractivity contribution in [3.8, 4) is 11.5 Å². The van der Waals surface area contributed by atoms with Crippen LogP contribution in [0.4, 0.5) is 5.69 Å². The van der Waals surface area contributed by atoms with Crippen molar-refractivity contribution in [2.75, 3.05) is 37.9 Å². The number of hydrogen-bond acceptors (Lipinski definition) is 5. The van der Waals surface area contributed by atoms with Gasteiger partial charge in [0.05, 0.1) is 5.69 Å². The summed E-state index contributed by atoms with van der Waals surface area (Å²) in [6, 6.07) is 3.80. The van der Waals surface area contributed by atoms with Crippen molar-refractivity contribution in [2.45, 2.75) is 11.8 Å². The van der Waals surface area contributed by atoms with Crippen LogP contribution in [0.5, 0.6) is 11.5 Å². The molecule has 122 valence electrons. The molecule has 0 aromatic heterocycles. The number of hydrogen-bond donors (Lipinski definition) is 2. The van der Waals surface area contributed by atoms with E-state index in [1.807, 2.05) is 25.3 Å². The monoisotopic (exact) mass is 344 g/mol. The van der Waals surface area contributed by atoms with Gasteiger partial charge in [-0.1, -0.05) is 6.92 Å². The number of thioether (sulfide) groups is 1. The molecule has 2 heterocycles. The van der Waals surface area contributed by atoms with Gasteiger partial charge in [0, 0.05) is 16.9 Å². The molecule has 2 N–H and O–H groups in total. The number of fused-ring (bicyclic) bond motifs is 1. The van der Waals surface area contributed by atoms with Gasteiger partial charge in [-0.15, -0.1) is 24.2 Å². The molecule has 1 amide bonds. The quantitative estimate of drug-likeness (QED) is 0.821. The first-order chi connectivity index (χ1) is 10.2. The van der Waals surface area contributed by atoms with E-state index in [2.05, 4.69) is 10.6 Å². The van der Waals surface area contributed by atoms with Crippen LogP contribution in [0.25, 0.3) is 0 Å². The van der Waals surface area contributed by atoms with Crippen molar-refractivity contribution < 1.29 is 14.3 Å². The Morgan fingerprint density at radius 3 is 2.50 bits per heavy atom. The molecule has 2 aliphatic rings. The molecule has 3 rings (SSSR count). The number of rotatable bonds is 4. The average molecular weight is 345 g/mol. The minimum absolute atomic E-state index is 0. The normalized spacial score (nSPS) is 17.9. The largest absolute Gasteiger partial charge is 0.486 e. The van der Waals surface area contributed by atoms with Gasteiger partial charge >= 0.3 is 0 Å². The maximum atomic E-state index is 12.4. The van der Waals surface area contributed by atoms with Crippen LogP contribution >= 0.6 is 24.2 Å². The maximum Gasteiger partial charge on any atom is 0.227 e. The lowest BCUT2D eigenvalue weighted by molar-refractivity contribution is -0.121. The highest BCUT2D eigenvalue weighted by atomic mass is 35.5. The Labute approximate surface area is 140 Å². The molecule has 0 spiro atoms. The number of nitrogens with one attached hydrogen (secondary N) is 2. The summed E-state index contributed by atoms with van der Waals surface area (Å²) in [5, 5.41) is 6.24.